The molecule has 3 aromatic rings. The normalized spacial score (nSPS) is 16.2. The minimum atomic E-state index is -0.446. The number of amides is 2. The maximum absolute atomic E-state index is 13.0. The van der Waals surface area contributed by atoms with Gasteiger partial charge in [-0.1, -0.05) is 29.3 Å². The molecule has 0 radical (unpaired) electrons. The number of thioether (sulfide) groups is 1. The number of methoxy groups -OCH3 is 2. The number of hydrazine groups is 1. The zero-order valence-electron chi connectivity index (χ0n) is 15.9. The maximum atomic E-state index is 13.0. The summed E-state index contributed by atoms with van der Waals surface area (Å²) in [6, 6.07) is 10.7. The number of nitrogens with one attached hydrogen (secondary N) is 1. The number of hydrogen-bond acceptors (Lipinski definition) is 6. The van der Waals surface area contributed by atoms with E-state index in [1.807, 2.05) is 12.1 Å². The van der Waals surface area contributed by atoms with E-state index in [-0.39, 0.29) is 11.7 Å². The highest BCUT2D eigenvalue weighted by atomic mass is 35.5. The average Bonchev–Trinajstić information content (AvgIpc) is 3.27. The summed E-state index contributed by atoms with van der Waals surface area (Å²) in [5.41, 5.74) is 3.52. The Labute approximate surface area is 191 Å². The summed E-state index contributed by atoms with van der Waals surface area (Å²) in [7, 11) is 3.10. The van der Waals surface area contributed by atoms with E-state index in [1.165, 1.54) is 28.1 Å². The molecule has 30 heavy (non-hydrogen) atoms. The summed E-state index contributed by atoms with van der Waals surface area (Å²) in [6.45, 7) is 0. The van der Waals surface area contributed by atoms with E-state index in [9.17, 15) is 9.59 Å². The number of halogens is 2. The fourth-order valence-corrected chi connectivity index (χ4v) is 5.79. The second kappa shape index (κ2) is 8.55. The van der Waals surface area contributed by atoms with Gasteiger partial charge in [-0.05, 0) is 35.9 Å². The Morgan fingerprint density at radius 3 is 2.63 bits per heavy atom. The van der Waals surface area contributed by atoms with Crippen molar-refractivity contribution in [3.05, 3.63) is 56.9 Å². The molecule has 1 saturated heterocycles. The van der Waals surface area contributed by atoms with Gasteiger partial charge in [0.15, 0.2) is 11.5 Å². The number of nitrogens with zero attached hydrogens (tertiary/aromatic N) is 1. The van der Waals surface area contributed by atoms with Crippen molar-refractivity contribution in [2.75, 3.05) is 20.0 Å². The predicted molar refractivity (Wildman–Crippen MR) is 121 cm³/mol. The lowest BCUT2D eigenvalue weighted by Crippen LogP contribution is -2.44. The Kier molecular flexibility index (Phi) is 6.02. The Hall–Kier alpha value is -2.13. The lowest BCUT2D eigenvalue weighted by molar-refractivity contribution is -0.130. The first-order chi connectivity index (χ1) is 14.4. The van der Waals surface area contributed by atoms with Crippen LogP contribution in [0.1, 0.15) is 20.6 Å². The van der Waals surface area contributed by atoms with E-state index in [4.69, 9.17) is 32.7 Å². The highest BCUT2D eigenvalue weighted by molar-refractivity contribution is 8.00. The SMILES string of the molecule is COc1ccc(C2SCC(=O)N2NC(=O)c2sc3ccc(Cl)cc3c2Cl)cc1OC. The number of rotatable bonds is 5. The van der Waals surface area contributed by atoms with Crippen molar-refractivity contribution in [1.82, 2.24) is 10.4 Å². The lowest BCUT2D eigenvalue weighted by Gasteiger charge is -2.25. The first-order valence-corrected chi connectivity index (χ1v) is 11.4. The number of hydrogen-bond donors (Lipinski definition) is 1. The summed E-state index contributed by atoms with van der Waals surface area (Å²) >= 11 is 15.1. The third-order valence-corrected chi connectivity index (χ3v) is 7.70. The third-order valence-electron chi connectivity index (χ3n) is 4.58. The molecule has 0 spiro atoms. The second-order valence-corrected chi connectivity index (χ2v) is 9.30. The van der Waals surface area contributed by atoms with Crippen LogP contribution in [0.25, 0.3) is 10.1 Å². The van der Waals surface area contributed by atoms with Crippen molar-refractivity contribution in [3.63, 3.8) is 0 Å². The van der Waals surface area contributed by atoms with Gasteiger partial charge in [0.1, 0.15) is 10.3 Å². The summed E-state index contributed by atoms with van der Waals surface area (Å²) in [4.78, 5) is 25.8. The molecule has 2 heterocycles. The van der Waals surface area contributed by atoms with Gasteiger partial charge in [0.05, 0.1) is 25.0 Å². The van der Waals surface area contributed by atoms with E-state index >= 15 is 0 Å². The van der Waals surface area contributed by atoms with Gasteiger partial charge in [-0.3, -0.25) is 15.0 Å². The Morgan fingerprint density at radius 2 is 1.90 bits per heavy atom. The molecular weight excluding hydrogens is 467 g/mol. The van der Waals surface area contributed by atoms with Crippen LogP contribution in [-0.2, 0) is 4.79 Å². The molecule has 0 bridgehead atoms. The largest absolute Gasteiger partial charge is 0.493 e. The Bertz CT molecular complexity index is 1150. The first kappa shape index (κ1) is 21.1. The van der Waals surface area contributed by atoms with Crippen molar-refractivity contribution in [2.24, 2.45) is 0 Å². The highest BCUT2D eigenvalue weighted by Crippen LogP contribution is 2.41. The summed E-state index contributed by atoms with van der Waals surface area (Å²) < 4.78 is 11.5. The molecule has 1 atom stereocenters. The van der Waals surface area contributed by atoms with Crippen molar-refractivity contribution < 1.29 is 19.1 Å². The quantitative estimate of drug-likeness (QED) is 0.544. The number of ether oxygens (including phenoxy) is 2. The molecule has 0 saturated carbocycles. The molecule has 1 N–H and O–H groups in total. The van der Waals surface area contributed by atoms with Gasteiger partial charge in [-0.15, -0.1) is 23.1 Å². The minimum absolute atomic E-state index is 0.201. The van der Waals surface area contributed by atoms with Gasteiger partial charge >= 0.3 is 0 Å². The second-order valence-electron chi connectivity index (χ2n) is 6.37. The standard InChI is InChI=1S/C20H16Cl2N2O4S2/c1-27-13-5-3-10(7-14(13)28-2)20-24(16(25)9-29-20)23-19(26)18-17(22)12-8-11(21)4-6-15(12)30-18/h3-8,20H,9H2,1-2H3,(H,23,26). The average molecular weight is 483 g/mol. The van der Waals surface area contributed by atoms with Crippen LogP contribution in [0.4, 0.5) is 0 Å². The van der Waals surface area contributed by atoms with Gasteiger partial charge < -0.3 is 9.47 Å². The fourth-order valence-electron chi connectivity index (χ4n) is 3.14. The van der Waals surface area contributed by atoms with Crippen LogP contribution in [0.2, 0.25) is 10.0 Å². The van der Waals surface area contributed by atoms with Crippen LogP contribution in [0.3, 0.4) is 0 Å². The van der Waals surface area contributed by atoms with Crippen molar-refractivity contribution in [1.29, 1.82) is 0 Å². The van der Waals surface area contributed by atoms with Crippen LogP contribution in [0, 0.1) is 0 Å². The van der Waals surface area contributed by atoms with Gasteiger partial charge in [-0.2, -0.15) is 0 Å². The third kappa shape index (κ3) is 3.80. The summed E-state index contributed by atoms with van der Waals surface area (Å²) in [5.74, 6) is 0.731. The molecular formula is C20H16Cl2N2O4S2. The van der Waals surface area contributed by atoms with E-state index in [2.05, 4.69) is 5.43 Å². The molecule has 2 amide bonds. The van der Waals surface area contributed by atoms with Crippen LogP contribution >= 0.6 is 46.3 Å². The van der Waals surface area contributed by atoms with E-state index in [0.29, 0.717) is 31.8 Å². The Morgan fingerprint density at radius 1 is 1.13 bits per heavy atom. The topological polar surface area (TPSA) is 67.9 Å². The Balaban J connectivity index is 1.62. The fraction of sp³-hybridized carbons (Fsp3) is 0.200. The van der Waals surface area contributed by atoms with E-state index in [1.54, 1.807) is 38.5 Å². The molecule has 1 aromatic heterocycles. The van der Waals surface area contributed by atoms with Crippen LogP contribution < -0.4 is 14.9 Å². The van der Waals surface area contributed by atoms with Crippen LogP contribution in [0.5, 0.6) is 11.5 Å². The van der Waals surface area contributed by atoms with Crippen LogP contribution in [-0.4, -0.2) is 36.8 Å². The molecule has 6 nitrogen and oxygen atoms in total. The molecule has 1 unspecified atom stereocenters. The molecule has 1 aliphatic heterocycles. The number of carbonyl (C=O) groups is 2. The van der Waals surface area contributed by atoms with E-state index < -0.39 is 11.3 Å². The van der Waals surface area contributed by atoms with E-state index in [0.717, 1.165) is 10.3 Å². The molecule has 10 heteroatoms. The first-order valence-electron chi connectivity index (χ1n) is 8.77. The van der Waals surface area contributed by atoms with Crippen molar-refractivity contribution in [3.8, 4) is 11.5 Å². The zero-order valence-corrected chi connectivity index (χ0v) is 19.0. The smallest absolute Gasteiger partial charge is 0.281 e. The van der Waals surface area contributed by atoms with Crippen LogP contribution in [0.15, 0.2) is 36.4 Å². The van der Waals surface area contributed by atoms with Crippen molar-refractivity contribution >= 4 is 68.2 Å². The summed E-state index contributed by atoms with van der Waals surface area (Å²) in [5, 5.41) is 2.49. The molecule has 1 fully saturated rings. The van der Waals surface area contributed by atoms with Gasteiger partial charge in [0.2, 0.25) is 0 Å². The number of fused-ring (bicyclic) bond motifs is 1. The monoisotopic (exact) mass is 482 g/mol. The van der Waals surface area contributed by atoms with Crippen molar-refractivity contribution in [2.45, 2.75) is 5.37 Å². The molecule has 0 aliphatic carbocycles. The molecule has 1 aliphatic rings. The molecule has 2 aromatic carbocycles. The lowest BCUT2D eigenvalue weighted by atomic mass is 10.2. The number of carbonyl (C=O) groups excluding carboxylic acids is 2. The molecule has 156 valence electrons. The molecule has 4 rings (SSSR count). The highest BCUT2D eigenvalue weighted by Gasteiger charge is 2.35. The minimum Gasteiger partial charge on any atom is -0.493 e. The summed E-state index contributed by atoms with van der Waals surface area (Å²) in [6.07, 6.45) is 0. The van der Waals surface area contributed by atoms with Gasteiger partial charge in [0, 0.05) is 15.1 Å². The van der Waals surface area contributed by atoms with Gasteiger partial charge in [0.25, 0.3) is 11.8 Å². The maximum Gasteiger partial charge on any atom is 0.281 e. The van der Waals surface area contributed by atoms with Gasteiger partial charge in [-0.25, -0.2) is 5.01 Å². The number of benzene rings is 2. The predicted octanol–water partition coefficient (Wildman–Crippen LogP) is 5.14. The number of thiophene rings is 1. The zero-order chi connectivity index (χ0) is 21.4.